The molecule has 1 aliphatic heterocycles. The second-order valence-electron chi connectivity index (χ2n) is 7.93. The lowest BCUT2D eigenvalue weighted by atomic mass is 10.1. The summed E-state index contributed by atoms with van der Waals surface area (Å²) in [7, 11) is 0. The van der Waals surface area contributed by atoms with Crippen LogP contribution >= 0.6 is 0 Å². The van der Waals surface area contributed by atoms with Gasteiger partial charge in [0, 0.05) is 43.0 Å². The summed E-state index contributed by atoms with van der Waals surface area (Å²) in [6.07, 6.45) is 1.07. The Kier molecular flexibility index (Phi) is 6.00. The first-order valence-electron chi connectivity index (χ1n) is 10.0. The van der Waals surface area contributed by atoms with Gasteiger partial charge in [0.1, 0.15) is 0 Å². The maximum Gasteiger partial charge on any atom is 0.253 e. The molecule has 1 fully saturated rings. The third-order valence-corrected chi connectivity index (χ3v) is 5.59. The molecule has 1 aromatic heterocycles. The highest BCUT2D eigenvalue weighted by atomic mass is 16.2. The van der Waals surface area contributed by atoms with Crippen LogP contribution in [0.25, 0.3) is 0 Å². The lowest BCUT2D eigenvalue weighted by Crippen LogP contribution is -2.56. The molecule has 3 rings (SSSR count). The Labute approximate surface area is 163 Å². The number of carbonyl (C=O) groups is 1. The van der Waals surface area contributed by atoms with Crippen molar-refractivity contribution in [2.24, 2.45) is 0 Å². The first-order valence-corrected chi connectivity index (χ1v) is 10.0. The van der Waals surface area contributed by atoms with E-state index in [9.17, 15) is 4.79 Å². The molecule has 0 bridgehead atoms. The maximum absolute atomic E-state index is 13.0. The monoisotopic (exact) mass is 368 g/mol. The molecule has 1 saturated heterocycles. The normalized spacial score (nSPS) is 18.3. The molecular weight excluding hydrogens is 336 g/mol. The molecule has 2 aromatic rings. The van der Waals surface area contributed by atoms with Crippen molar-refractivity contribution in [3.8, 4) is 0 Å². The molecule has 2 heterocycles. The molecule has 5 heteroatoms. The zero-order valence-corrected chi connectivity index (χ0v) is 17.3. The summed E-state index contributed by atoms with van der Waals surface area (Å²) in [5.41, 5.74) is 4.13. The van der Waals surface area contributed by atoms with Crippen molar-refractivity contribution in [2.45, 2.75) is 59.7 Å². The van der Waals surface area contributed by atoms with E-state index in [1.807, 2.05) is 40.8 Å². The van der Waals surface area contributed by atoms with Crippen molar-refractivity contribution < 1.29 is 4.79 Å². The van der Waals surface area contributed by atoms with Crippen LogP contribution in [0, 0.1) is 13.8 Å². The average Bonchev–Trinajstić information content (AvgIpc) is 2.98. The van der Waals surface area contributed by atoms with Crippen molar-refractivity contribution >= 4 is 5.91 Å². The minimum Gasteiger partial charge on any atom is -0.336 e. The maximum atomic E-state index is 13.0. The van der Waals surface area contributed by atoms with Crippen molar-refractivity contribution in [3.63, 3.8) is 0 Å². The second kappa shape index (κ2) is 8.26. The summed E-state index contributed by atoms with van der Waals surface area (Å²) in [4.78, 5) is 17.5. The number of carbonyl (C=O) groups excluding carboxylic acids is 1. The minimum absolute atomic E-state index is 0.148. The summed E-state index contributed by atoms with van der Waals surface area (Å²) in [5, 5.41) is 4.51. The Morgan fingerprint density at radius 1 is 1.19 bits per heavy atom. The standard InChI is InChI=1S/C22H32N4O/c1-6-21-15-24(11-12-25(21)16(2)3)22(27)20-9-7-19(8-10-20)14-26-18(5)13-17(4)23-26/h7-10,13,16,21H,6,11-12,14-15H2,1-5H3. The number of aromatic nitrogens is 2. The predicted molar refractivity (Wildman–Crippen MR) is 109 cm³/mol. The number of nitrogens with zero attached hydrogens (tertiary/aromatic N) is 4. The van der Waals surface area contributed by atoms with E-state index in [4.69, 9.17) is 0 Å². The van der Waals surface area contributed by atoms with Crippen LogP contribution < -0.4 is 0 Å². The molecule has 0 radical (unpaired) electrons. The number of hydrogen-bond donors (Lipinski definition) is 0. The second-order valence-corrected chi connectivity index (χ2v) is 7.93. The number of amides is 1. The molecule has 1 unspecified atom stereocenters. The van der Waals surface area contributed by atoms with Crippen LogP contribution in [-0.4, -0.2) is 57.2 Å². The predicted octanol–water partition coefficient (Wildman–Crippen LogP) is 3.49. The van der Waals surface area contributed by atoms with E-state index in [2.05, 4.69) is 43.8 Å². The van der Waals surface area contributed by atoms with Crippen molar-refractivity contribution in [3.05, 3.63) is 52.8 Å². The van der Waals surface area contributed by atoms with E-state index in [0.717, 1.165) is 55.1 Å². The summed E-state index contributed by atoms with van der Waals surface area (Å²) in [5.74, 6) is 0.148. The number of piperazine rings is 1. The van der Waals surface area contributed by atoms with Gasteiger partial charge in [0.2, 0.25) is 0 Å². The third kappa shape index (κ3) is 4.41. The van der Waals surface area contributed by atoms with E-state index < -0.39 is 0 Å². The molecule has 1 aliphatic rings. The van der Waals surface area contributed by atoms with Crippen LogP contribution in [0.3, 0.4) is 0 Å². The highest BCUT2D eigenvalue weighted by molar-refractivity contribution is 5.94. The van der Waals surface area contributed by atoms with Crippen molar-refractivity contribution in [1.82, 2.24) is 19.6 Å². The zero-order valence-electron chi connectivity index (χ0n) is 17.3. The summed E-state index contributed by atoms with van der Waals surface area (Å²) in [6, 6.07) is 11.1. The molecule has 0 saturated carbocycles. The van der Waals surface area contributed by atoms with Crippen LogP contribution in [0.5, 0.6) is 0 Å². The van der Waals surface area contributed by atoms with Gasteiger partial charge in [-0.1, -0.05) is 19.1 Å². The fraction of sp³-hybridized carbons (Fsp3) is 0.545. The highest BCUT2D eigenvalue weighted by Gasteiger charge is 2.30. The van der Waals surface area contributed by atoms with Crippen molar-refractivity contribution in [2.75, 3.05) is 19.6 Å². The van der Waals surface area contributed by atoms with Crippen molar-refractivity contribution in [1.29, 1.82) is 0 Å². The quantitative estimate of drug-likeness (QED) is 0.811. The average molecular weight is 369 g/mol. The zero-order chi connectivity index (χ0) is 19.6. The lowest BCUT2D eigenvalue weighted by molar-refractivity contribution is 0.0371. The van der Waals surface area contributed by atoms with Gasteiger partial charge in [0.15, 0.2) is 0 Å². The molecular formula is C22H32N4O. The molecule has 5 nitrogen and oxygen atoms in total. The fourth-order valence-electron chi connectivity index (χ4n) is 4.04. The number of hydrogen-bond acceptors (Lipinski definition) is 3. The van der Waals surface area contributed by atoms with Gasteiger partial charge in [-0.2, -0.15) is 5.10 Å². The summed E-state index contributed by atoms with van der Waals surface area (Å²) in [6.45, 7) is 14.1. The smallest absolute Gasteiger partial charge is 0.253 e. The summed E-state index contributed by atoms with van der Waals surface area (Å²) < 4.78 is 2.00. The molecule has 0 N–H and O–H groups in total. The van der Waals surface area contributed by atoms with Gasteiger partial charge in [0.25, 0.3) is 5.91 Å². The van der Waals surface area contributed by atoms with Gasteiger partial charge in [-0.3, -0.25) is 14.4 Å². The highest BCUT2D eigenvalue weighted by Crippen LogP contribution is 2.18. The molecule has 0 spiro atoms. The fourth-order valence-corrected chi connectivity index (χ4v) is 4.04. The molecule has 146 valence electrons. The molecule has 1 amide bonds. The van der Waals surface area contributed by atoms with Gasteiger partial charge >= 0.3 is 0 Å². The van der Waals surface area contributed by atoms with Gasteiger partial charge in [0.05, 0.1) is 12.2 Å². The number of benzene rings is 1. The van der Waals surface area contributed by atoms with Gasteiger partial charge in [-0.05, 0) is 57.9 Å². The largest absolute Gasteiger partial charge is 0.336 e. The Morgan fingerprint density at radius 3 is 2.44 bits per heavy atom. The van der Waals surface area contributed by atoms with Gasteiger partial charge in [-0.15, -0.1) is 0 Å². The minimum atomic E-state index is 0.148. The SMILES string of the molecule is CCC1CN(C(=O)c2ccc(Cn3nc(C)cc3C)cc2)CCN1C(C)C. The number of rotatable bonds is 5. The Morgan fingerprint density at radius 2 is 1.89 bits per heavy atom. The first-order chi connectivity index (χ1) is 12.9. The van der Waals surface area contributed by atoms with Crippen LogP contribution in [0.1, 0.15) is 54.5 Å². The summed E-state index contributed by atoms with van der Waals surface area (Å²) >= 11 is 0. The van der Waals surface area contributed by atoms with Gasteiger partial charge < -0.3 is 4.90 Å². The first kappa shape index (κ1) is 19.6. The molecule has 1 aromatic carbocycles. The van der Waals surface area contributed by atoms with Crippen LogP contribution in [-0.2, 0) is 6.54 Å². The van der Waals surface area contributed by atoms with E-state index in [1.54, 1.807) is 0 Å². The number of aryl methyl sites for hydroxylation is 2. The van der Waals surface area contributed by atoms with E-state index in [-0.39, 0.29) is 5.91 Å². The third-order valence-electron chi connectivity index (χ3n) is 5.59. The Hall–Kier alpha value is -2.14. The topological polar surface area (TPSA) is 41.4 Å². The van der Waals surface area contributed by atoms with E-state index >= 15 is 0 Å². The van der Waals surface area contributed by atoms with Crippen LogP contribution in [0.15, 0.2) is 30.3 Å². The van der Waals surface area contributed by atoms with Crippen LogP contribution in [0.4, 0.5) is 0 Å². The van der Waals surface area contributed by atoms with E-state index in [0.29, 0.717) is 12.1 Å². The van der Waals surface area contributed by atoms with E-state index in [1.165, 1.54) is 0 Å². The molecule has 0 aliphatic carbocycles. The molecule has 1 atom stereocenters. The Bertz CT molecular complexity index is 778. The Balaban J connectivity index is 1.66. The lowest BCUT2D eigenvalue weighted by Gasteiger charge is -2.43. The molecule has 27 heavy (non-hydrogen) atoms. The van der Waals surface area contributed by atoms with Crippen LogP contribution in [0.2, 0.25) is 0 Å². The van der Waals surface area contributed by atoms with Gasteiger partial charge in [-0.25, -0.2) is 0 Å².